The van der Waals surface area contributed by atoms with Gasteiger partial charge in [0.05, 0.1) is 6.61 Å². The van der Waals surface area contributed by atoms with Gasteiger partial charge in [0.2, 0.25) is 0 Å². The van der Waals surface area contributed by atoms with Crippen molar-refractivity contribution < 1.29 is 14.3 Å². The summed E-state index contributed by atoms with van der Waals surface area (Å²) >= 11 is 0. The monoisotopic (exact) mass is 259 g/mol. The molecule has 0 atom stereocenters. The molecular formula is C15H14FNO2. The zero-order valence-corrected chi connectivity index (χ0v) is 10.5. The van der Waals surface area contributed by atoms with Crippen LogP contribution in [0.25, 0.3) is 0 Å². The minimum Gasteiger partial charge on any atom is -0.392 e. The van der Waals surface area contributed by atoms with Gasteiger partial charge in [0.15, 0.2) is 0 Å². The van der Waals surface area contributed by atoms with E-state index in [9.17, 15) is 9.18 Å². The number of aliphatic hydroxyl groups is 1. The fourth-order valence-corrected chi connectivity index (χ4v) is 1.82. The average Bonchev–Trinajstić information content (AvgIpc) is 2.37. The Bertz CT molecular complexity index is 591. The van der Waals surface area contributed by atoms with Crippen LogP contribution in [0, 0.1) is 12.7 Å². The molecule has 0 saturated heterocycles. The Hall–Kier alpha value is -2.20. The van der Waals surface area contributed by atoms with Crippen molar-refractivity contribution in [2.24, 2.45) is 0 Å². The van der Waals surface area contributed by atoms with Gasteiger partial charge in [-0.15, -0.1) is 0 Å². The van der Waals surface area contributed by atoms with Gasteiger partial charge in [-0.05, 0) is 48.4 Å². The molecule has 0 aromatic heterocycles. The number of benzene rings is 2. The van der Waals surface area contributed by atoms with E-state index in [1.807, 2.05) is 0 Å². The third-order valence-electron chi connectivity index (χ3n) is 2.67. The van der Waals surface area contributed by atoms with Crippen molar-refractivity contribution in [3.63, 3.8) is 0 Å². The Balaban J connectivity index is 2.20. The van der Waals surface area contributed by atoms with Gasteiger partial charge in [0, 0.05) is 11.3 Å². The molecule has 0 bridgehead atoms. The average molecular weight is 259 g/mol. The van der Waals surface area contributed by atoms with Crippen molar-refractivity contribution in [1.29, 1.82) is 0 Å². The summed E-state index contributed by atoms with van der Waals surface area (Å²) in [5.41, 5.74) is 2.23. The van der Waals surface area contributed by atoms with Crippen molar-refractivity contribution >= 4 is 11.6 Å². The Kier molecular flexibility index (Phi) is 3.92. The molecule has 0 radical (unpaired) electrons. The number of hydrogen-bond donors (Lipinski definition) is 2. The zero-order valence-electron chi connectivity index (χ0n) is 10.5. The first kappa shape index (κ1) is 13.2. The number of nitrogens with one attached hydrogen (secondary N) is 1. The number of hydrogen-bond acceptors (Lipinski definition) is 2. The van der Waals surface area contributed by atoms with Crippen LogP contribution in [0.1, 0.15) is 21.5 Å². The Morgan fingerprint density at radius 1 is 1.26 bits per heavy atom. The topological polar surface area (TPSA) is 49.3 Å². The molecule has 2 N–H and O–H groups in total. The van der Waals surface area contributed by atoms with Crippen LogP contribution in [0.15, 0.2) is 42.5 Å². The first-order chi connectivity index (χ1) is 9.08. The van der Waals surface area contributed by atoms with Crippen molar-refractivity contribution in [3.05, 3.63) is 65.0 Å². The molecule has 3 nitrogen and oxygen atoms in total. The maximum atomic E-state index is 13.2. The molecule has 2 aromatic rings. The molecule has 2 aromatic carbocycles. The van der Waals surface area contributed by atoms with Gasteiger partial charge < -0.3 is 10.4 Å². The second-order valence-corrected chi connectivity index (χ2v) is 4.33. The molecule has 0 fully saturated rings. The fraction of sp³-hybridized carbons (Fsp3) is 0.133. The minimum absolute atomic E-state index is 0.0945. The van der Waals surface area contributed by atoms with Crippen LogP contribution in [0.2, 0.25) is 0 Å². The lowest BCUT2D eigenvalue weighted by Gasteiger charge is -2.07. The van der Waals surface area contributed by atoms with Crippen LogP contribution in [-0.2, 0) is 6.61 Å². The number of aliphatic hydroxyl groups excluding tert-OH is 1. The van der Waals surface area contributed by atoms with Crippen molar-refractivity contribution in [1.82, 2.24) is 0 Å². The molecular weight excluding hydrogens is 245 g/mol. The number of aryl methyl sites for hydroxylation is 1. The molecule has 0 unspecified atom stereocenters. The second-order valence-electron chi connectivity index (χ2n) is 4.33. The van der Waals surface area contributed by atoms with Gasteiger partial charge in [-0.3, -0.25) is 4.79 Å². The van der Waals surface area contributed by atoms with Crippen molar-refractivity contribution in [3.8, 4) is 0 Å². The minimum atomic E-state index is -0.436. The van der Waals surface area contributed by atoms with Crippen LogP contribution in [0.3, 0.4) is 0 Å². The molecule has 0 heterocycles. The van der Waals surface area contributed by atoms with E-state index in [1.54, 1.807) is 37.3 Å². The first-order valence-corrected chi connectivity index (χ1v) is 5.87. The third-order valence-corrected chi connectivity index (χ3v) is 2.67. The number of halogens is 1. The van der Waals surface area contributed by atoms with E-state index in [4.69, 9.17) is 5.11 Å². The van der Waals surface area contributed by atoms with E-state index in [0.717, 1.165) is 0 Å². The highest BCUT2D eigenvalue weighted by molar-refractivity contribution is 6.04. The summed E-state index contributed by atoms with van der Waals surface area (Å²) in [5.74, 6) is -0.813. The van der Waals surface area contributed by atoms with E-state index in [1.165, 1.54) is 12.1 Å². The van der Waals surface area contributed by atoms with Crippen LogP contribution in [0.4, 0.5) is 10.1 Å². The Morgan fingerprint density at radius 3 is 2.74 bits per heavy atom. The molecule has 98 valence electrons. The number of carbonyl (C=O) groups is 1. The predicted molar refractivity (Wildman–Crippen MR) is 71.5 cm³/mol. The molecule has 0 aliphatic heterocycles. The maximum absolute atomic E-state index is 13.2. The highest BCUT2D eigenvalue weighted by Gasteiger charge is 2.08. The lowest BCUT2D eigenvalue weighted by Crippen LogP contribution is -2.12. The van der Waals surface area contributed by atoms with E-state index in [2.05, 4.69) is 5.32 Å². The summed E-state index contributed by atoms with van der Waals surface area (Å²) in [5, 5.41) is 11.7. The number of carbonyl (C=O) groups excluding carboxylic acids is 1. The number of amides is 1. The smallest absolute Gasteiger partial charge is 0.255 e. The molecule has 4 heteroatoms. The molecule has 19 heavy (non-hydrogen) atoms. The molecule has 0 aliphatic rings. The molecule has 1 amide bonds. The second kappa shape index (κ2) is 5.63. The van der Waals surface area contributed by atoms with Crippen LogP contribution in [-0.4, -0.2) is 11.0 Å². The summed E-state index contributed by atoms with van der Waals surface area (Å²) in [6, 6.07) is 11.0. The van der Waals surface area contributed by atoms with Crippen LogP contribution < -0.4 is 5.32 Å². The lowest BCUT2D eigenvalue weighted by atomic mass is 10.1. The highest BCUT2D eigenvalue weighted by Crippen LogP contribution is 2.14. The van der Waals surface area contributed by atoms with Gasteiger partial charge in [0.1, 0.15) is 5.82 Å². The predicted octanol–water partition coefficient (Wildman–Crippen LogP) is 2.88. The Morgan fingerprint density at radius 2 is 2.05 bits per heavy atom. The lowest BCUT2D eigenvalue weighted by molar-refractivity contribution is 0.102. The molecule has 0 aliphatic carbocycles. The normalized spacial score (nSPS) is 10.3. The van der Waals surface area contributed by atoms with Crippen molar-refractivity contribution in [2.75, 3.05) is 5.32 Å². The van der Waals surface area contributed by atoms with Gasteiger partial charge in [-0.2, -0.15) is 0 Å². The number of rotatable bonds is 3. The van der Waals surface area contributed by atoms with Crippen LogP contribution >= 0.6 is 0 Å². The first-order valence-electron chi connectivity index (χ1n) is 5.87. The fourth-order valence-electron chi connectivity index (χ4n) is 1.82. The summed E-state index contributed by atoms with van der Waals surface area (Å²) in [4.78, 5) is 12.0. The van der Waals surface area contributed by atoms with E-state index >= 15 is 0 Å². The van der Waals surface area contributed by atoms with E-state index < -0.39 is 5.82 Å². The largest absolute Gasteiger partial charge is 0.392 e. The van der Waals surface area contributed by atoms with E-state index in [0.29, 0.717) is 16.8 Å². The highest BCUT2D eigenvalue weighted by atomic mass is 19.1. The quantitative estimate of drug-likeness (QED) is 0.890. The van der Waals surface area contributed by atoms with Gasteiger partial charge in [-0.1, -0.05) is 12.1 Å². The van der Waals surface area contributed by atoms with Gasteiger partial charge in [-0.25, -0.2) is 4.39 Å². The molecule has 0 spiro atoms. The van der Waals surface area contributed by atoms with Crippen LogP contribution in [0.5, 0.6) is 0 Å². The molecule has 0 saturated carbocycles. The van der Waals surface area contributed by atoms with Gasteiger partial charge in [0.25, 0.3) is 5.91 Å². The van der Waals surface area contributed by atoms with Gasteiger partial charge >= 0.3 is 0 Å². The summed E-state index contributed by atoms with van der Waals surface area (Å²) in [6.07, 6.45) is 0. The van der Waals surface area contributed by atoms with E-state index in [-0.39, 0.29) is 18.1 Å². The molecule has 2 rings (SSSR count). The zero-order chi connectivity index (χ0) is 13.8. The Labute approximate surface area is 110 Å². The summed E-state index contributed by atoms with van der Waals surface area (Å²) < 4.78 is 13.2. The summed E-state index contributed by atoms with van der Waals surface area (Å²) in [6.45, 7) is 1.63. The standard InChI is InChI=1S/C15H14FNO2/c1-10-5-12(8-13(16)6-10)15(19)17-14-4-2-3-11(7-14)9-18/h2-8,18H,9H2,1H3,(H,17,19). The number of anilines is 1. The third kappa shape index (κ3) is 3.39. The SMILES string of the molecule is Cc1cc(F)cc(C(=O)Nc2cccc(CO)c2)c1. The van der Waals surface area contributed by atoms with Crippen molar-refractivity contribution in [2.45, 2.75) is 13.5 Å². The summed E-state index contributed by atoms with van der Waals surface area (Å²) in [7, 11) is 0. The maximum Gasteiger partial charge on any atom is 0.255 e.